The molecule has 0 unspecified atom stereocenters. The molecule has 8 heteroatoms. The van der Waals surface area contributed by atoms with Gasteiger partial charge >= 0.3 is 5.97 Å². The predicted octanol–water partition coefficient (Wildman–Crippen LogP) is 1.23. The Kier molecular flexibility index (Phi) is 6.84. The van der Waals surface area contributed by atoms with Crippen LogP contribution in [0.5, 0.6) is 0 Å². The van der Waals surface area contributed by atoms with Crippen molar-refractivity contribution in [1.82, 2.24) is 5.32 Å². The molecular formula is C16H26N4O4. The Morgan fingerprint density at radius 3 is 2.58 bits per heavy atom. The van der Waals surface area contributed by atoms with Gasteiger partial charge in [-0.3, -0.25) is 9.59 Å². The molecule has 134 valence electrons. The van der Waals surface area contributed by atoms with E-state index in [1.807, 2.05) is 0 Å². The largest absolute Gasteiger partial charge is 0.464 e. The smallest absolute Gasteiger partial charge is 0.328 e. The van der Waals surface area contributed by atoms with Crippen LogP contribution < -0.4 is 11.1 Å². The molecule has 2 aliphatic rings. The molecule has 0 saturated carbocycles. The van der Waals surface area contributed by atoms with Gasteiger partial charge in [-0.2, -0.15) is 10.2 Å². The van der Waals surface area contributed by atoms with Crippen molar-refractivity contribution < 1.29 is 19.1 Å². The van der Waals surface area contributed by atoms with Crippen molar-refractivity contribution in [3.8, 4) is 0 Å². The molecule has 2 heterocycles. The number of ketones is 1. The summed E-state index contributed by atoms with van der Waals surface area (Å²) in [7, 11) is 0. The first kappa shape index (κ1) is 18.5. The van der Waals surface area contributed by atoms with Crippen molar-refractivity contribution in [3.63, 3.8) is 0 Å². The number of nitrogens with zero attached hydrogens (tertiary/aromatic N) is 2. The number of ether oxygens (including phenoxy) is 1. The molecular weight excluding hydrogens is 312 g/mol. The lowest BCUT2D eigenvalue weighted by molar-refractivity contribution is -0.142. The Labute approximate surface area is 141 Å². The van der Waals surface area contributed by atoms with Gasteiger partial charge in [0.2, 0.25) is 5.91 Å². The highest BCUT2D eigenvalue weighted by Crippen LogP contribution is 2.38. The first-order valence-corrected chi connectivity index (χ1v) is 8.66. The van der Waals surface area contributed by atoms with E-state index in [1.54, 1.807) is 0 Å². The van der Waals surface area contributed by atoms with Gasteiger partial charge < -0.3 is 15.8 Å². The summed E-state index contributed by atoms with van der Waals surface area (Å²) in [6, 6.07) is -0.612. The van der Waals surface area contributed by atoms with Gasteiger partial charge in [-0.1, -0.05) is 12.8 Å². The highest BCUT2D eigenvalue weighted by atomic mass is 16.5. The number of nitrogens with one attached hydrogen (secondary N) is 1. The number of esters is 1. The summed E-state index contributed by atoms with van der Waals surface area (Å²) < 4.78 is 4.76. The first-order chi connectivity index (χ1) is 11.5. The van der Waals surface area contributed by atoms with Crippen LogP contribution in [0.1, 0.15) is 57.8 Å². The second-order valence-electron chi connectivity index (χ2n) is 6.43. The number of rotatable bonds is 12. The van der Waals surface area contributed by atoms with E-state index >= 15 is 0 Å². The summed E-state index contributed by atoms with van der Waals surface area (Å²) in [6.45, 7) is 1.03. The Bertz CT molecular complexity index is 500. The van der Waals surface area contributed by atoms with E-state index in [0.29, 0.717) is 19.4 Å². The zero-order valence-electron chi connectivity index (χ0n) is 14.0. The molecule has 2 rings (SSSR count). The van der Waals surface area contributed by atoms with Crippen molar-refractivity contribution in [1.29, 1.82) is 0 Å². The Morgan fingerprint density at radius 1 is 1.21 bits per heavy atom. The van der Waals surface area contributed by atoms with Gasteiger partial charge in [-0.05, 0) is 25.8 Å². The summed E-state index contributed by atoms with van der Waals surface area (Å²) in [6.07, 6.45) is 6.19. The molecule has 0 aromatic carbocycles. The van der Waals surface area contributed by atoms with Crippen LogP contribution in [0.15, 0.2) is 10.2 Å². The Morgan fingerprint density at radius 2 is 1.96 bits per heavy atom. The number of cyclic esters (lactones) is 1. The molecule has 0 aliphatic carbocycles. The summed E-state index contributed by atoms with van der Waals surface area (Å²) in [5, 5.41) is 10.7. The fourth-order valence-electron chi connectivity index (χ4n) is 2.78. The normalized spacial score (nSPS) is 20.7. The quantitative estimate of drug-likeness (QED) is 0.315. The number of nitrogens with two attached hydrogens (primary N) is 1. The third-order valence-electron chi connectivity index (χ3n) is 4.35. The highest BCUT2D eigenvalue weighted by Gasteiger charge is 2.39. The van der Waals surface area contributed by atoms with Crippen molar-refractivity contribution >= 4 is 17.7 Å². The van der Waals surface area contributed by atoms with Crippen molar-refractivity contribution in [2.75, 3.05) is 13.2 Å². The van der Waals surface area contributed by atoms with Crippen LogP contribution in [0.3, 0.4) is 0 Å². The minimum Gasteiger partial charge on any atom is -0.464 e. The Balaban J connectivity index is 1.58. The van der Waals surface area contributed by atoms with Crippen LogP contribution in [0, 0.1) is 0 Å². The molecule has 1 atom stereocenters. The fraction of sp³-hybridized carbons (Fsp3) is 0.812. The monoisotopic (exact) mass is 338 g/mol. The van der Waals surface area contributed by atoms with E-state index in [-0.39, 0.29) is 18.6 Å². The average Bonchev–Trinajstić information content (AvgIpc) is 3.21. The van der Waals surface area contributed by atoms with Crippen molar-refractivity contribution in [3.05, 3.63) is 0 Å². The van der Waals surface area contributed by atoms with Crippen LogP contribution in [0.2, 0.25) is 0 Å². The average molecular weight is 338 g/mol. The Hall–Kier alpha value is -1.83. The van der Waals surface area contributed by atoms with Gasteiger partial charge in [-0.15, -0.1) is 0 Å². The minimum atomic E-state index is -0.612. The number of carbonyl (C=O) groups excluding carboxylic acids is 3. The second-order valence-corrected chi connectivity index (χ2v) is 6.43. The highest BCUT2D eigenvalue weighted by molar-refractivity contribution is 5.99. The second kappa shape index (κ2) is 8.86. The standard InChI is InChI=1S/C16H26N4O4/c17-9-4-2-1-3-7-16(19-20-16)8-5-12(21)11-14(22)18-13-6-10-24-15(13)23/h13H,1-11,17H2,(H,18,22)/t13-/m0/s1. The van der Waals surface area contributed by atoms with Gasteiger partial charge in [0.15, 0.2) is 5.66 Å². The third kappa shape index (κ3) is 5.99. The van der Waals surface area contributed by atoms with Crippen molar-refractivity contribution in [2.45, 2.75) is 69.5 Å². The molecule has 1 saturated heterocycles. The SMILES string of the molecule is NCCCCCCC1(CCC(=O)CC(=O)N[C@H]2CCOC2=O)N=N1. The molecule has 0 spiro atoms. The summed E-state index contributed by atoms with van der Waals surface area (Å²) in [5.74, 6) is -1.01. The molecule has 0 aromatic heterocycles. The molecule has 8 nitrogen and oxygen atoms in total. The van der Waals surface area contributed by atoms with Gasteiger partial charge in [0, 0.05) is 19.3 Å². The zero-order valence-corrected chi connectivity index (χ0v) is 14.0. The number of carbonyl (C=O) groups is 3. The maximum absolute atomic E-state index is 11.9. The maximum Gasteiger partial charge on any atom is 0.328 e. The van der Waals surface area contributed by atoms with E-state index in [2.05, 4.69) is 15.5 Å². The van der Waals surface area contributed by atoms with Crippen LogP contribution >= 0.6 is 0 Å². The number of hydrogen-bond acceptors (Lipinski definition) is 7. The molecule has 24 heavy (non-hydrogen) atoms. The predicted molar refractivity (Wildman–Crippen MR) is 86.1 cm³/mol. The molecule has 1 fully saturated rings. The van der Waals surface area contributed by atoms with Crippen LogP contribution in [-0.2, 0) is 19.1 Å². The van der Waals surface area contributed by atoms with E-state index < -0.39 is 23.6 Å². The third-order valence-corrected chi connectivity index (χ3v) is 4.35. The lowest BCUT2D eigenvalue weighted by Crippen LogP contribution is -2.38. The van der Waals surface area contributed by atoms with E-state index in [0.717, 1.165) is 38.6 Å². The van der Waals surface area contributed by atoms with Gasteiger partial charge in [0.1, 0.15) is 11.8 Å². The first-order valence-electron chi connectivity index (χ1n) is 8.66. The topological polar surface area (TPSA) is 123 Å². The van der Waals surface area contributed by atoms with Crippen molar-refractivity contribution in [2.24, 2.45) is 16.0 Å². The lowest BCUT2D eigenvalue weighted by atomic mass is 9.98. The van der Waals surface area contributed by atoms with Gasteiger partial charge in [0.05, 0.1) is 13.0 Å². The van der Waals surface area contributed by atoms with E-state index in [9.17, 15) is 14.4 Å². The number of Topliss-reactive ketones (excluding diaryl/α,β-unsaturated/α-hetero) is 1. The fourth-order valence-corrected chi connectivity index (χ4v) is 2.78. The minimum absolute atomic E-state index is 0.154. The molecule has 1 amide bonds. The molecule has 3 N–H and O–H groups in total. The summed E-state index contributed by atoms with van der Waals surface area (Å²) in [4.78, 5) is 35.0. The molecule has 0 radical (unpaired) electrons. The number of unbranched alkanes of at least 4 members (excludes halogenated alkanes) is 3. The summed E-state index contributed by atoms with van der Waals surface area (Å²) >= 11 is 0. The number of hydrogen-bond donors (Lipinski definition) is 2. The van der Waals surface area contributed by atoms with Gasteiger partial charge in [-0.25, -0.2) is 4.79 Å². The van der Waals surface area contributed by atoms with E-state index in [4.69, 9.17) is 10.5 Å². The molecule has 2 aliphatic heterocycles. The van der Waals surface area contributed by atoms with E-state index in [1.165, 1.54) is 0 Å². The maximum atomic E-state index is 11.9. The summed E-state index contributed by atoms with van der Waals surface area (Å²) in [5.41, 5.74) is 5.06. The zero-order chi connectivity index (χ0) is 17.4. The van der Waals surface area contributed by atoms with Crippen LogP contribution in [0.4, 0.5) is 0 Å². The lowest BCUT2D eigenvalue weighted by Gasteiger charge is -2.11. The van der Waals surface area contributed by atoms with Crippen LogP contribution in [-0.4, -0.2) is 42.5 Å². The van der Waals surface area contributed by atoms with Crippen LogP contribution in [0.25, 0.3) is 0 Å². The number of amides is 1. The molecule has 0 aromatic rings. The van der Waals surface area contributed by atoms with Gasteiger partial charge in [0.25, 0.3) is 0 Å². The molecule has 0 bridgehead atoms.